The van der Waals surface area contributed by atoms with Crippen LogP contribution >= 0.6 is 27.7 Å². The Morgan fingerprint density at radius 2 is 1.71 bits per heavy atom. The molecular formula is C14H10BrNS. The second kappa shape index (κ2) is 5.39. The van der Waals surface area contributed by atoms with E-state index in [0.29, 0.717) is 0 Å². The first kappa shape index (κ1) is 12.2. The van der Waals surface area contributed by atoms with Crippen molar-refractivity contribution < 1.29 is 0 Å². The average Bonchev–Trinajstić information content (AvgIpc) is 2.39. The molecule has 0 atom stereocenters. The number of halogens is 1. The molecule has 0 saturated carbocycles. The van der Waals surface area contributed by atoms with E-state index in [0.717, 1.165) is 26.1 Å². The van der Waals surface area contributed by atoms with Crippen molar-refractivity contribution in [2.75, 3.05) is 6.26 Å². The van der Waals surface area contributed by atoms with Crippen molar-refractivity contribution >= 4 is 27.7 Å². The second-order valence-electron chi connectivity index (χ2n) is 3.53. The molecule has 0 heterocycles. The number of rotatable bonds is 2. The Bertz CT molecular complexity index is 570. The molecule has 2 aromatic carbocycles. The van der Waals surface area contributed by atoms with E-state index in [4.69, 9.17) is 5.26 Å². The van der Waals surface area contributed by atoms with Crippen molar-refractivity contribution in [1.82, 2.24) is 0 Å². The summed E-state index contributed by atoms with van der Waals surface area (Å²) >= 11 is 5.02. The minimum atomic E-state index is 0.735. The van der Waals surface area contributed by atoms with Gasteiger partial charge < -0.3 is 0 Å². The van der Waals surface area contributed by atoms with E-state index in [1.54, 1.807) is 11.8 Å². The lowest BCUT2D eigenvalue weighted by Crippen LogP contribution is -1.83. The van der Waals surface area contributed by atoms with Crippen molar-refractivity contribution in [3.05, 3.63) is 52.5 Å². The lowest BCUT2D eigenvalue weighted by Gasteiger charge is -2.05. The maximum Gasteiger partial charge on any atom is 0.100 e. The van der Waals surface area contributed by atoms with Gasteiger partial charge in [0.2, 0.25) is 0 Å². The largest absolute Gasteiger partial charge is 0.192 e. The molecule has 0 N–H and O–H groups in total. The third-order valence-corrected chi connectivity index (χ3v) is 3.81. The standard InChI is InChI=1S/C14H10BrNS/c1-17-14-8-11(2-3-12(14)9-16)10-4-6-13(15)7-5-10/h2-8H,1H3. The smallest absolute Gasteiger partial charge is 0.100 e. The van der Waals surface area contributed by atoms with Gasteiger partial charge in [-0.15, -0.1) is 11.8 Å². The number of thioether (sulfide) groups is 1. The normalized spacial score (nSPS) is 9.94. The molecule has 3 heteroatoms. The molecule has 0 radical (unpaired) electrons. The van der Waals surface area contributed by atoms with Crippen LogP contribution < -0.4 is 0 Å². The molecule has 0 fully saturated rings. The van der Waals surface area contributed by atoms with Crippen molar-refractivity contribution in [2.24, 2.45) is 0 Å². The number of benzene rings is 2. The number of hydrogen-bond donors (Lipinski definition) is 0. The number of nitriles is 1. The summed E-state index contributed by atoms with van der Waals surface area (Å²) in [6.45, 7) is 0. The van der Waals surface area contributed by atoms with Crippen LogP contribution in [0.4, 0.5) is 0 Å². The van der Waals surface area contributed by atoms with Gasteiger partial charge in [-0.1, -0.05) is 34.1 Å². The average molecular weight is 304 g/mol. The molecule has 0 unspecified atom stereocenters. The molecular weight excluding hydrogens is 294 g/mol. The Morgan fingerprint density at radius 1 is 1.06 bits per heavy atom. The predicted molar refractivity (Wildman–Crippen MR) is 76.1 cm³/mol. The van der Waals surface area contributed by atoms with Crippen LogP contribution in [0.25, 0.3) is 11.1 Å². The SMILES string of the molecule is CSc1cc(-c2ccc(Br)cc2)ccc1C#N. The molecule has 2 rings (SSSR count). The van der Waals surface area contributed by atoms with E-state index in [1.807, 2.05) is 30.5 Å². The molecule has 17 heavy (non-hydrogen) atoms. The summed E-state index contributed by atoms with van der Waals surface area (Å²) in [5.41, 5.74) is 3.03. The van der Waals surface area contributed by atoms with Crippen LogP contribution in [-0.4, -0.2) is 6.26 Å². The highest BCUT2D eigenvalue weighted by atomic mass is 79.9. The maximum absolute atomic E-state index is 8.98. The van der Waals surface area contributed by atoms with E-state index in [-0.39, 0.29) is 0 Å². The first-order valence-electron chi connectivity index (χ1n) is 5.08. The van der Waals surface area contributed by atoms with Crippen LogP contribution in [0.3, 0.4) is 0 Å². The Morgan fingerprint density at radius 3 is 2.29 bits per heavy atom. The van der Waals surface area contributed by atoms with Gasteiger partial charge in [0, 0.05) is 9.37 Å². The summed E-state index contributed by atoms with van der Waals surface area (Å²) in [5.74, 6) is 0. The summed E-state index contributed by atoms with van der Waals surface area (Å²) in [4.78, 5) is 1.02. The molecule has 0 aliphatic rings. The van der Waals surface area contributed by atoms with Crippen LogP contribution in [0.15, 0.2) is 51.8 Å². The van der Waals surface area contributed by atoms with E-state index in [2.05, 4.69) is 40.2 Å². The van der Waals surface area contributed by atoms with Crippen molar-refractivity contribution in [3.8, 4) is 17.2 Å². The summed E-state index contributed by atoms with van der Waals surface area (Å²) in [5, 5.41) is 8.98. The second-order valence-corrected chi connectivity index (χ2v) is 5.30. The van der Waals surface area contributed by atoms with Gasteiger partial charge in [-0.05, 0) is 41.6 Å². The van der Waals surface area contributed by atoms with E-state index in [9.17, 15) is 0 Å². The highest BCUT2D eigenvalue weighted by molar-refractivity contribution is 9.10. The van der Waals surface area contributed by atoms with Crippen LogP contribution in [0.5, 0.6) is 0 Å². The Kier molecular flexibility index (Phi) is 3.88. The highest BCUT2D eigenvalue weighted by Gasteiger charge is 2.04. The maximum atomic E-state index is 8.98. The predicted octanol–water partition coefficient (Wildman–Crippen LogP) is 4.71. The van der Waals surface area contributed by atoms with Crippen LogP contribution in [-0.2, 0) is 0 Å². The number of hydrogen-bond acceptors (Lipinski definition) is 2. The zero-order chi connectivity index (χ0) is 12.3. The van der Waals surface area contributed by atoms with Crippen LogP contribution in [0.1, 0.15) is 5.56 Å². The minimum Gasteiger partial charge on any atom is -0.192 e. The lowest BCUT2D eigenvalue weighted by atomic mass is 10.0. The molecule has 84 valence electrons. The molecule has 0 saturated heterocycles. The zero-order valence-corrected chi connectivity index (χ0v) is 11.7. The molecule has 0 amide bonds. The highest BCUT2D eigenvalue weighted by Crippen LogP contribution is 2.28. The fourth-order valence-corrected chi connectivity index (χ4v) is 2.45. The summed E-state index contributed by atoms with van der Waals surface area (Å²) in [6, 6.07) is 16.3. The first-order chi connectivity index (χ1) is 8.24. The van der Waals surface area contributed by atoms with Gasteiger partial charge in [-0.25, -0.2) is 0 Å². The summed E-state index contributed by atoms with van der Waals surface area (Å²) in [7, 11) is 0. The molecule has 1 nitrogen and oxygen atoms in total. The molecule has 2 aromatic rings. The zero-order valence-electron chi connectivity index (χ0n) is 9.27. The Balaban J connectivity index is 2.47. The van der Waals surface area contributed by atoms with Gasteiger partial charge in [0.1, 0.15) is 6.07 Å². The third-order valence-electron chi connectivity index (χ3n) is 2.50. The Hall–Kier alpha value is -1.24. The van der Waals surface area contributed by atoms with Crippen molar-refractivity contribution in [1.29, 1.82) is 5.26 Å². The summed E-state index contributed by atoms with van der Waals surface area (Å²) in [6.07, 6.45) is 1.99. The van der Waals surface area contributed by atoms with E-state index in [1.165, 1.54) is 0 Å². The van der Waals surface area contributed by atoms with E-state index >= 15 is 0 Å². The molecule has 0 aliphatic heterocycles. The number of nitrogens with zero attached hydrogens (tertiary/aromatic N) is 1. The molecule has 0 spiro atoms. The van der Waals surface area contributed by atoms with E-state index < -0.39 is 0 Å². The first-order valence-corrected chi connectivity index (χ1v) is 7.10. The van der Waals surface area contributed by atoms with Crippen molar-refractivity contribution in [3.63, 3.8) is 0 Å². The van der Waals surface area contributed by atoms with Crippen LogP contribution in [0.2, 0.25) is 0 Å². The molecule has 0 aliphatic carbocycles. The van der Waals surface area contributed by atoms with Gasteiger partial charge in [0.15, 0.2) is 0 Å². The Labute approximate surface area is 114 Å². The van der Waals surface area contributed by atoms with Gasteiger partial charge in [-0.3, -0.25) is 0 Å². The van der Waals surface area contributed by atoms with Crippen LogP contribution in [0, 0.1) is 11.3 Å². The lowest BCUT2D eigenvalue weighted by molar-refractivity contribution is 1.37. The monoisotopic (exact) mass is 303 g/mol. The van der Waals surface area contributed by atoms with Gasteiger partial charge >= 0.3 is 0 Å². The third kappa shape index (κ3) is 2.71. The summed E-state index contributed by atoms with van der Waals surface area (Å²) < 4.78 is 1.07. The van der Waals surface area contributed by atoms with Crippen molar-refractivity contribution in [2.45, 2.75) is 4.90 Å². The quantitative estimate of drug-likeness (QED) is 0.750. The fourth-order valence-electron chi connectivity index (χ4n) is 1.61. The van der Waals surface area contributed by atoms with Gasteiger partial charge in [0.05, 0.1) is 5.56 Å². The minimum absolute atomic E-state index is 0.735. The van der Waals surface area contributed by atoms with Gasteiger partial charge in [-0.2, -0.15) is 5.26 Å². The molecule has 0 bridgehead atoms. The van der Waals surface area contributed by atoms with Gasteiger partial charge in [0.25, 0.3) is 0 Å². The topological polar surface area (TPSA) is 23.8 Å². The fraction of sp³-hybridized carbons (Fsp3) is 0.0714. The molecule has 0 aromatic heterocycles.